The molecule has 2 amide bonds. The minimum atomic E-state index is -0.546. The summed E-state index contributed by atoms with van der Waals surface area (Å²) >= 11 is 0. The number of methoxy groups -OCH3 is 2. The maximum absolute atomic E-state index is 13.0. The zero-order valence-corrected chi connectivity index (χ0v) is 16.9. The van der Waals surface area contributed by atoms with Crippen molar-refractivity contribution in [1.82, 2.24) is 4.90 Å². The van der Waals surface area contributed by atoms with Crippen LogP contribution in [0.5, 0.6) is 11.5 Å². The first-order valence-electron chi connectivity index (χ1n) is 9.54. The maximum atomic E-state index is 13.0. The van der Waals surface area contributed by atoms with Gasteiger partial charge < -0.3 is 24.4 Å². The van der Waals surface area contributed by atoms with Crippen molar-refractivity contribution >= 4 is 17.5 Å². The van der Waals surface area contributed by atoms with Crippen LogP contribution in [0.1, 0.15) is 24.5 Å². The molecule has 0 saturated heterocycles. The summed E-state index contributed by atoms with van der Waals surface area (Å²) in [6.45, 7) is 2.73. The molecule has 0 aromatic heterocycles. The second-order valence-electron chi connectivity index (χ2n) is 6.86. The summed E-state index contributed by atoms with van der Waals surface area (Å²) in [6, 6.07) is 13.1. The quantitative estimate of drug-likeness (QED) is 0.776. The molecule has 7 nitrogen and oxygen atoms in total. The van der Waals surface area contributed by atoms with E-state index in [0.29, 0.717) is 30.9 Å². The Labute approximate surface area is 170 Å². The highest BCUT2D eigenvalue weighted by Crippen LogP contribution is 2.30. The average Bonchev–Trinajstić information content (AvgIpc) is 2.84. The predicted molar refractivity (Wildman–Crippen MR) is 109 cm³/mol. The summed E-state index contributed by atoms with van der Waals surface area (Å²) in [7, 11) is 3.09. The van der Waals surface area contributed by atoms with Gasteiger partial charge in [-0.2, -0.15) is 0 Å². The number of carbonyl (C=O) groups is 2. The SMILES string of the molecule is CC[C@@H]1Oc2ccc(NC(=O)COC)cc2CN(Cc2cccc(OC)c2)C1=O. The molecular weight excluding hydrogens is 372 g/mol. The summed E-state index contributed by atoms with van der Waals surface area (Å²) in [5, 5.41) is 2.79. The van der Waals surface area contributed by atoms with Gasteiger partial charge in [0.15, 0.2) is 6.10 Å². The van der Waals surface area contributed by atoms with Gasteiger partial charge in [-0.3, -0.25) is 9.59 Å². The van der Waals surface area contributed by atoms with Crippen LogP contribution in [0.15, 0.2) is 42.5 Å². The Morgan fingerprint density at radius 2 is 2.07 bits per heavy atom. The third kappa shape index (κ3) is 5.06. The molecule has 1 aliphatic rings. The molecule has 1 N–H and O–H groups in total. The highest BCUT2D eigenvalue weighted by molar-refractivity contribution is 5.92. The largest absolute Gasteiger partial charge is 0.497 e. The van der Waals surface area contributed by atoms with Crippen LogP contribution < -0.4 is 14.8 Å². The van der Waals surface area contributed by atoms with Gasteiger partial charge in [-0.15, -0.1) is 0 Å². The summed E-state index contributed by atoms with van der Waals surface area (Å²) in [4.78, 5) is 26.6. The van der Waals surface area contributed by atoms with E-state index in [9.17, 15) is 9.59 Å². The van der Waals surface area contributed by atoms with Gasteiger partial charge in [-0.05, 0) is 42.3 Å². The van der Waals surface area contributed by atoms with E-state index in [1.807, 2.05) is 37.3 Å². The lowest BCUT2D eigenvalue weighted by Crippen LogP contribution is -2.38. The first-order chi connectivity index (χ1) is 14.0. The van der Waals surface area contributed by atoms with Gasteiger partial charge in [0.05, 0.1) is 7.11 Å². The number of nitrogens with zero attached hydrogens (tertiary/aromatic N) is 1. The first kappa shape index (κ1) is 20.7. The van der Waals surface area contributed by atoms with E-state index in [4.69, 9.17) is 14.2 Å². The number of benzene rings is 2. The predicted octanol–water partition coefficient (Wildman–Crippen LogP) is 2.98. The monoisotopic (exact) mass is 398 g/mol. The smallest absolute Gasteiger partial charge is 0.264 e. The molecular formula is C22H26N2O5. The highest BCUT2D eigenvalue weighted by atomic mass is 16.5. The standard InChI is InChI=1S/C22H26N2O5/c1-4-19-22(26)24(12-15-6-5-7-18(10-15)28-3)13-16-11-17(8-9-20(16)29-19)23-21(25)14-27-2/h5-11,19H,4,12-14H2,1-3H3,(H,23,25)/t19-/m0/s1. The van der Waals surface area contributed by atoms with Gasteiger partial charge in [0.25, 0.3) is 5.91 Å². The fourth-order valence-corrected chi connectivity index (χ4v) is 3.30. The lowest BCUT2D eigenvalue weighted by molar-refractivity contribution is -0.139. The third-order valence-electron chi connectivity index (χ3n) is 4.72. The van der Waals surface area contributed by atoms with Crippen molar-refractivity contribution in [2.45, 2.75) is 32.5 Å². The Bertz CT molecular complexity index is 883. The summed E-state index contributed by atoms with van der Waals surface area (Å²) < 4.78 is 16.1. The number of nitrogens with one attached hydrogen (secondary N) is 1. The highest BCUT2D eigenvalue weighted by Gasteiger charge is 2.30. The van der Waals surface area contributed by atoms with Crippen molar-refractivity contribution in [2.24, 2.45) is 0 Å². The lowest BCUT2D eigenvalue weighted by atomic mass is 10.1. The summed E-state index contributed by atoms with van der Waals surface area (Å²) in [5.74, 6) is 1.11. The number of hydrogen-bond donors (Lipinski definition) is 1. The average molecular weight is 398 g/mol. The molecule has 7 heteroatoms. The Morgan fingerprint density at radius 3 is 2.79 bits per heavy atom. The van der Waals surface area contributed by atoms with E-state index >= 15 is 0 Å². The van der Waals surface area contributed by atoms with Crippen LogP contribution in [-0.2, 0) is 27.4 Å². The zero-order valence-electron chi connectivity index (χ0n) is 16.9. The molecule has 0 saturated carbocycles. The molecule has 2 aromatic carbocycles. The van der Waals surface area contributed by atoms with Gasteiger partial charge in [0, 0.05) is 31.5 Å². The molecule has 0 spiro atoms. The molecule has 29 heavy (non-hydrogen) atoms. The molecule has 0 bridgehead atoms. The summed E-state index contributed by atoms with van der Waals surface area (Å²) in [5.41, 5.74) is 2.45. The molecule has 1 heterocycles. The van der Waals surface area contributed by atoms with Crippen LogP contribution in [0.3, 0.4) is 0 Å². The second-order valence-corrected chi connectivity index (χ2v) is 6.86. The minimum Gasteiger partial charge on any atom is -0.497 e. The number of hydrogen-bond acceptors (Lipinski definition) is 5. The van der Waals surface area contributed by atoms with Crippen LogP contribution in [0.25, 0.3) is 0 Å². The van der Waals surface area contributed by atoms with Crippen molar-refractivity contribution in [3.8, 4) is 11.5 Å². The Morgan fingerprint density at radius 1 is 1.24 bits per heavy atom. The van der Waals surface area contributed by atoms with Crippen LogP contribution in [0.2, 0.25) is 0 Å². The minimum absolute atomic E-state index is 0.0219. The van der Waals surface area contributed by atoms with Crippen LogP contribution in [0, 0.1) is 0 Å². The second kappa shape index (κ2) is 9.43. The molecule has 2 aromatic rings. The van der Waals surface area contributed by atoms with Crippen molar-refractivity contribution in [3.05, 3.63) is 53.6 Å². The third-order valence-corrected chi connectivity index (χ3v) is 4.72. The van der Waals surface area contributed by atoms with Crippen LogP contribution >= 0.6 is 0 Å². The molecule has 154 valence electrons. The number of ether oxygens (including phenoxy) is 3. The molecule has 3 rings (SSSR count). The summed E-state index contributed by atoms with van der Waals surface area (Å²) in [6.07, 6.45) is 0.0231. The fraction of sp³-hybridized carbons (Fsp3) is 0.364. The van der Waals surface area contributed by atoms with Crippen LogP contribution in [-0.4, -0.2) is 43.6 Å². The van der Waals surface area contributed by atoms with E-state index in [0.717, 1.165) is 16.9 Å². The van der Waals surface area contributed by atoms with E-state index in [2.05, 4.69) is 5.32 Å². The molecule has 1 atom stereocenters. The normalized spacial score (nSPS) is 15.9. The van der Waals surface area contributed by atoms with Crippen molar-refractivity contribution < 1.29 is 23.8 Å². The van der Waals surface area contributed by atoms with E-state index in [1.54, 1.807) is 24.1 Å². The van der Waals surface area contributed by atoms with Crippen molar-refractivity contribution in [2.75, 3.05) is 26.1 Å². The Hall–Kier alpha value is -3.06. The number of amides is 2. The number of fused-ring (bicyclic) bond motifs is 1. The van der Waals surface area contributed by atoms with Gasteiger partial charge in [0.1, 0.15) is 18.1 Å². The van der Waals surface area contributed by atoms with E-state index < -0.39 is 6.10 Å². The van der Waals surface area contributed by atoms with Crippen molar-refractivity contribution in [1.29, 1.82) is 0 Å². The molecule has 0 unspecified atom stereocenters. The fourth-order valence-electron chi connectivity index (χ4n) is 3.30. The zero-order chi connectivity index (χ0) is 20.8. The van der Waals surface area contributed by atoms with Gasteiger partial charge in [-0.1, -0.05) is 19.1 Å². The van der Waals surface area contributed by atoms with Gasteiger partial charge in [0.2, 0.25) is 5.91 Å². The first-order valence-corrected chi connectivity index (χ1v) is 9.54. The molecule has 0 radical (unpaired) electrons. The van der Waals surface area contributed by atoms with E-state index in [-0.39, 0.29) is 18.4 Å². The maximum Gasteiger partial charge on any atom is 0.264 e. The topological polar surface area (TPSA) is 77.1 Å². The lowest BCUT2D eigenvalue weighted by Gasteiger charge is -2.23. The van der Waals surface area contributed by atoms with E-state index in [1.165, 1.54) is 7.11 Å². The van der Waals surface area contributed by atoms with Crippen LogP contribution in [0.4, 0.5) is 5.69 Å². The molecule has 0 fully saturated rings. The Kier molecular flexibility index (Phi) is 6.72. The Balaban J connectivity index is 1.86. The van der Waals surface area contributed by atoms with Crippen molar-refractivity contribution in [3.63, 3.8) is 0 Å². The number of anilines is 1. The van der Waals surface area contributed by atoms with Gasteiger partial charge >= 0.3 is 0 Å². The molecule has 0 aliphatic carbocycles. The number of rotatable bonds is 7. The number of carbonyl (C=O) groups excluding carboxylic acids is 2. The molecule has 1 aliphatic heterocycles. The van der Waals surface area contributed by atoms with Gasteiger partial charge in [-0.25, -0.2) is 0 Å².